The van der Waals surface area contributed by atoms with Crippen molar-refractivity contribution in [3.05, 3.63) is 47.8 Å². The minimum atomic E-state index is -0.433. The van der Waals surface area contributed by atoms with Crippen molar-refractivity contribution >= 4 is 0 Å². The van der Waals surface area contributed by atoms with Crippen LogP contribution in [0.15, 0.2) is 30.9 Å². The molecule has 0 spiro atoms. The van der Waals surface area contributed by atoms with Gasteiger partial charge >= 0.3 is 0 Å². The smallest absolute Gasteiger partial charge is 0.129 e. The van der Waals surface area contributed by atoms with E-state index in [1.807, 2.05) is 0 Å². The summed E-state index contributed by atoms with van der Waals surface area (Å²) in [4.78, 5) is 0. The molecule has 1 aromatic carbocycles. The minimum absolute atomic E-state index is 0.278. The SMILES string of the molecule is C=CC(N)c1ccc(CO)c(F)c1. The maximum absolute atomic E-state index is 13.1. The van der Waals surface area contributed by atoms with Gasteiger partial charge in [0.15, 0.2) is 0 Å². The molecule has 13 heavy (non-hydrogen) atoms. The van der Waals surface area contributed by atoms with Crippen molar-refractivity contribution in [1.82, 2.24) is 0 Å². The molecule has 70 valence electrons. The maximum Gasteiger partial charge on any atom is 0.129 e. The summed E-state index contributed by atoms with van der Waals surface area (Å²) in [6.07, 6.45) is 1.54. The summed E-state index contributed by atoms with van der Waals surface area (Å²) in [6.45, 7) is 3.22. The van der Waals surface area contributed by atoms with Crippen LogP contribution in [0.1, 0.15) is 17.2 Å². The minimum Gasteiger partial charge on any atom is -0.392 e. The van der Waals surface area contributed by atoms with E-state index < -0.39 is 5.82 Å². The molecular weight excluding hydrogens is 169 g/mol. The van der Waals surface area contributed by atoms with Crippen molar-refractivity contribution in [3.63, 3.8) is 0 Å². The monoisotopic (exact) mass is 181 g/mol. The molecule has 3 heteroatoms. The van der Waals surface area contributed by atoms with Gasteiger partial charge in [-0.2, -0.15) is 0 Å². The van der Waals surface area contributed by atoms with Crippen LogP contribution >= 0.6 is 0 Å². The predicted octanol–water partition coefficient (Wildman–Crippen LogP) is 1.50. The first-order valence-electron chi connectivity index (χ1n) is 3.96. The van der Waals surface area contributed by atoms with Crippen LogP contribution in [0.2, 0.25) is 0 Å². The lowest BCUT2D eigenvalue weighted by Gasteiger charge is -2.07. The van der Waals surface area contributed by atoms with Crippen molar-refractivity contribution in [3.8, 4) is 0 Å². The van der Waals surface area contributed by atoms with Gasteiger partial charge in [-0.25, -0.2) is 4.39 Å². The van der Waals surface area contributed by atoms with Crippen molar-refractivity contribution in [1.29, 1.82) is 0 Å². The van der Waals surface area contributed by atoms with Crippen LogP contribution in [-0.2, 0) is 6.61 Å². The quantitative estimate of drug-likeness (QED) is 0.694. The van der Waals surface area contributed by atoms with Gasteiger partial charge in [0, 0.05) is 11.6 Å². The number of aliphatic hydroxyl groups excluding tert-OH is 1. The third-order valence-corrected chi connectivity index (χ3v) is 1.89. The highest BCUT2D eigenvalue weighted by molar-refractivity contribution is 5.27. The van der Waals surface area contributed by atoms with Crippen molar-refractivity contribution in [2.45, 2.75) is 12.6 Å². The van der Waals surface area contributed by atoms with Crippen LogP contribution in [-0.4, -0.2) is 5.11 Å². The number of hydrogen-bond donors (Lipinski definition) is 2. The van der Waals surface area contributed by atoms with Gasteiger partial charge in [0.1, 0.15) is 5.82 Å². The molecule has 0 saturated carbocycles. The second-order valence-corrected chi connectivity index (χ2v) is 2.77. The largest absolute Gasteiger partial charge is 0.392 e. The fourth-order valence-corrected chi connectivity index (χ4v) is 1.04. The Morgan fingerprint density at radius 2 is 2.31 bits per heavy atom. The molecule has 0 aliphatic heterocycles. The van der Waals surface area contributed by atoms with E-state index in [-0.39, 0.29) is 18.2 Å². The van der Waals surface area contributed by atoms with Gasteiger partial charge in [-0.15, -0.1) is 6.58 Å². The van der Waals surface area contributed by atoms with E-state index in [0.29, 0.717) is 5.56 Å². The molecule has 0 heterocycles. The first kappa shape index (κ1) is 9.89. The highest BCUT2D eigenvalue weighted by Crippen LogP contribution is 2.15. The molecule has 0 aliphatic carbocycles. The third kappa shape index (κ3) is 2.14. The maximum atomic E-state index is 13.1. The van der Waals surface area contributed by atoms with Crippen molar-refractivity contribution in [2.75, 3.05) is 0 Å². The highest BCUT2D eigenvalue weighted by atomic mass is 19.1. The fraction of sp³-hybridized carbons (Fsp3) is 0.200. The van der Waals surface area contributed by atoms with Crippen LogP contribution in [0.25, 0.3) is 0 Å². The second kappa shape index (κ2) is 4.16. The first-order chi connectivity index (χ1) is 6.19. The standard InChI is InChI=1S/C10H12FNO/c1-2-10(12)7-3-4-8(6-13)9(11)5-7/h2-5,10,13H,1,6,12H2. The molecule has 0 radical (unpaired) electrons. The summed E-state index contributed by atoms with van der Waals surface area (Å²) in [5.41, 5.74) is 6.54. The van der Waals surface area contributed by atoms with E-state index in [1.54, 1.807) is 6.07 Å². The molecule has 1 unspecified atom stereocenters. The molecule has 0 bridgehead atoms. The molecule has 0 aromatic heterocycles. The Labute approximate surface area is 76.5 Å². The average molecular weight is 181 g/mol. The first-order valence-corrected chi connectivity index (χ1v) is 3.96. The Kier molecular flexibility index (Phi) is 3.17. The van der Waals surface area contributed by atoms with E-state index in [9.17, 15) is 4.39 Å². The molecule has 0 saturated heterocycles. The summed E-state index contributed by atoms with van der Waals surface area (Å²) in [5, 5.41) is 8.71. The number of aliphatic hydroxyl groups is 1. The van der Waals surface area contributed by atoms with E-state index in [1.165, 1.54) is 18.2 Å². The lowest BCUT2D eigenvalue weighted by Crippen LogP contribution is -2.07. The highest BCUT2D eigenvalue weighted by Gasteiger charge is 2.05. The van der Waals surface area contributed by atoms with Gasteiger partial charge in [0.05, 0.1) is 6.61 Å². The number of nitrogens with two attached hydrogens (primary N) is 1. The summed E-state index contributed by atoms with van der Waals surface area (Å²) >= 11 is 0. The lowest BCUT2D eigenvalue weighted by molar-refractivity contribution is 0.275. The van der Waals surface area contributed by atoms with Gasteiger partial charge in [0.25, 0.3) is 0 Å². The van der Waals surface area contributed by atoms with E-state index >= 15 is 0 Å². The van der Waals surface area contributed by atoms with Gasteiger partial charge in [-0.05, 0) is 11.6 Å². The average Bonchev–Trinajstić information content (AvgIpc) is 2.16. The Hall–Kier alpha value is -1.19. The number of halogens is 1. The Bertz CT molecular complexity index is 312. The molecule has 0 amide bonds. The molecule has 3 N–H and O–H groups in total. The van der Waals surface area contributed by atoms with Crippen LogP contribution in [0.4, 0.5) is 4.39 Å². The number of benzene rings is 1. The van der Waals surface area contributed by atoms with Crippen molar-refractivity contribution < 1.29 is 9.50 Å². The van der Waals surface area contributed by atoms with Crippen LogP contribution in [0.3, 0.4) is 0 Å². The summed E-state index contributed by atoms with van der Waals surface area (Å²) in [7, 11) is 0. The Morgan fingerprint density at radius 1 is 1.62 bits per heavy atom. The van der Waals surface area contributed by atoms with E-state index in [2.05, 4.69) is 6.58 Å². The predicted molar refractivity (Wildman–Crippen MR) is 49.4 cm³/mol. The molecule has 1 aromatic rings. The zero-order valence-electron chi connectivity index (χ0n) is 7.20. The zero-order chi connectivity index (χ0) is 9.84. The van der Waals surface area contributed by atoms with Crippen LogP contribution < -0.4 is 5.73 Å². The molecule has 0 fully saturated rings. The van der Waals surface area contributed by atoms with Gasteiger partial charge in [0.2, 0.25) is 0 Å². The zero-order valence-corrected chi connectivity index (χ0v) is 7.20. The summed E-state index contributed by atoms with van der Waals surface area (Å²) in [5.74, 6) is -0.433. The van der Waals surface area contributed by atoms with Crippen LogP contribution in [0, 0.1) is 5.82 Å². The van der Waals surface area contributed by atoms with E-state index in [4.69, 9.17) is 10.8 Å². The van der Waals surface area contributed by atoms with Gasteiger partial charge < -0.3 is 10.8 Å². The van der Waals surface area contributed by atoms with Gasteiger partial charge in [-0.3, -0.25) is 0 Å². The lowest BCUT2D eigenvalue weighted by atomic mass is 10.1. The fourth-order valence-electron chi connectivity index (χ4n) is 1.04. The molecule has 1 atom stereocenters. The molecule has 0 aliphatic rings. The molecule has 1 rings (SSSR count). The topological polar surface area (TPSA) is 46.2 Å². The molecular formula is C10H12FNO. The summed E-state index contributed by atoms with van der Waals surface area (Å²) < 4.78 is 13.1. The second-order valence-electron chi connectivity index (χ2n) is 2.77. The normalized spacial score (nSPS) is 12.5. The van der Waals surface area contributed by atoms with Crippen molar-refractivity contribution in [2.24, 2.45) is 5.73 Å². The summed E-state index contributed by atoms with van der Waals surface area (Å²) in [6, 6.07) is 4.16. The number of rotatable bonds is 3. The Balaban J connectivity index is 3.02. The van der Waals surface area contributed by atoms with Crippen LogP contribution in [0.5, 0.6) is 0 Å². The third-order valence-electron chi connectivity index (χ3n) is 1.89. The van der Waals surface area contributed by atoms with E-state index in [0.717, 1.165) is 0 Å². The number of hydrogen-bond acceptors (Lipinski definition) is 2. The molecule has 2 nitrogen and oxygen atoms in total. The Morgan fingerprint density at radius 3 is 2.77 bits per heavy atom. The van der Waals surface area contributed by atoms with Gasteiger partial charge in [-0.1, -0.05) is 18.2 Å².